The van der Waals surface area contributed by atoms with E-state index >= 15 is 0 Å². The van der Waals surface area contributed by atoms with Crippen LogP contribution in [0.25, 0.3) is 5.82 Å². The van der Waals surface area contributed by atoms with Gasteiger partial charge in [-0.2, -0.15) is 5.10 Å². The van der Waals surface area contributed by atoms with Crippen molar-refractivity contribution in [1.82, 2.24) is 25.1 Å². The number of carbonyl (C=O) groups is 1. The minimum atomic E-state index is -0.128. The van der Waals surface area contributed by atoms with Gasteiger partial charge >= 0.3 is 0 Å². The Hall–Kier alpha value is -2.54. The van der Waals surface area contributed by atoms with Gasteiger partial charge in [-0.05, 0) is 12.1 Å². The number of nitrogens with one attached hydrogen (secondary N) is 2. The Morgan fingerprint density at radius 2 is 2.37 bits per heavy atom. The maximum absolute atomic E-state index is 11.5. The molecule has 2 aromatic heterocycles. The van der Waals surface area contributed by atoms with Crippen molar-refractivity contribution in [3.8, 4) is 5.82 Å². The first-order valence-electron chi connectivity index (χ1n) is 5.72. The molecule has 0 aliphatic rings. The number of anilines is 1. The van der Waals surface area contributed by atoms with Crippen LogP contribution in [0.3, 0.4) is 0 Å². The molecule has 0 radical (unpaired) electrons. The maximum atomic E-state index is 11.5. The molecule has 0 unspecified atom stereocenters. The van der Waals surface area contributed by atoms with E-state index in [1.165, 1.54) is 11.0 Å². The molecule has 0 atom stereocenters. The number of nitrogens with zero attached hydrogens (tertiary/aromatic N) is 4. The molecule has 0 bridgehead atoms. The SMILES string of the molecule is C=CCNCC(=O)Nc1ccc(-n2cncn2)nc1. The smallest absolute Gasteiger partial charge is 0.238 e. The van der Waals surface area contributed by atoms with Gasteiger partial charge in [-0.15, -0.1) is 6.58 Å². The van der Waals surface area contributed by atoms with Gasteiger partial charge in [-0.25, -0.2) is 14.6 Å². The summed E-state index contributed by atoms with van der Waals surface area (Å²) in [6, 6.07) is 3.51. The lowest BCUT2D eigenvalue weighted by molar-refractivity contribution is -0.115. The molecular formula is C12H14N6O. The topological polar surface area (TPSA) is 84.7 Å². The minimum absolute atomic E-state index is 0.128. The van der Waals surface area contributed by atoms with Crippen molar-refractivity contribution >= 4 is 11.6 Å². The van der Waals surface area contributed by atoms with Gasteiger partial charge in [0.2, 0.25) is 5.91 Å². The van der Waals surface area contributed by atoms with Gasteiger partial charge in [0.15, 0.2) is 5.82 Å². The van der Waals surface area contributed by atoms with Crippen molar-refractivity contribution < 1.29 is 4.79 Å². The maximum Gasteiger partial charge on any atom is 0.238 e. The number of hydrogen-bond acceptors (Lipinski definition) is 5. The van der Waals surface area contributed by atoms with E-state index in [-0.39, 0.29) is 12.5 Å². The summed E-state index contributed by atoms with van der Waals surface area (Å²) in [5, 5.41) is 9.61. The highest BCUT2D eigenvalue weighted by Gasteiger charge is 2.03. The Labute approximate surface area is 110 Å². The summed E-state index contributed by atoms with van der Waals surface area (Å²) in [5.74, 6) is 0.512. The lowest BCUT2D eigenvalue weighted by atomic mass is 10.4. The van der Waals surface area contributed by atoms with Crippen LogP contribution in [0.2, 0.25) is 0 Å². The zero-order valence-corrected chi connectivity index (χ0v) is 10.3. The molecule has 7 heteroatoms. The van der Waals surface area contributed by atoms with Crippen LogP contribution >= 0.6 is 0 Å². The monoisotopic (exact) mass is 258 g/mol. The van der Waals surface area contributed by atoms with Gasteiger partial charge in [0.05, 0.1) is 18.4 Å². The fourth-order valence-electron chi connectivity index (χ4n) is 1.41. The molecule has 0 saturated heterocycles. The first-order chi connectivity index (χ1) is 9.29. The normalized spacial score (nSPS) is 10.1. The first kappa shape index (κ1) is 12.9. The Kier molecular flexibility index (Phi) is 4.35. The van der Waals surface area contributed by atoms with Crippen molar-refractivity contribution in [2.24, 2.45) is 0 Å². The van der Waals surface area contributed by atoms with E-state index in [1.54, 1.807) is 30.7 Å². The summed E-state index contributed by atoms with van der Waals surface area (Å²) in [6.07, 6.45) is 6.26. The summed E-state index contributed by atoms with van der Waals surface area (Å²) in [5.41, 5.74) is 0.634. The highest BCUT2D eigenvalue weighted by molar-refractivity contribution is 5.92. The average Bonchev–Trinajstić information content (AvgIpc) is 2.94. The molecule has 98 valence electrons. The Bertz CT molecular complexity index is 534. The Balaban J connectivity index is 1.92. The average molecular weight is 258 g/mol. The highest BCUT2D eigenvalue weighted by Crippen LogP contribution is 2.08. The van der Waals surface area contributed by atoms with E-state index in [4.69, 9.17) is 0 Å². The van der Waals surface area contributed by atoms with Gasteiger partial charge < -0.3 is 10.6 Å². The molecule has 2 aromatic rings. The third-order valence-corrected chi connectivity index (χ3v) is 2.26. The van der Waals surface area contributed by atoms with Crippen molar-refractivity contribution in [3.05, 3.63) is 43.6 Å². The van der Waals surface area contributed by atoms with Crippen LogP contribution in [0.4, 0.5) is 5.69 Å². The van der Waals surface area contributed by atoms with E-state index in [9.17, 15) is 4.79 Å². The third-order valence-electron chi connectivity index (χ3n) is 2.26. The van der Waals surface area contributed by atoms with E-state index < -0.39 is 0 Å². The summed E-state index contributed by atoms with van der Waals surface area (Å²) in [4.78, 5) is 19.6. The fourth-order valence-corrected chi connectivity index (χ4v) is 1.41. The largest absolute Gasteiger partial charge is 0.324 e. The fraction of sp³-hybridized carbons (Fsp3) is 0.167. The molecule has 2 rings (SSSR count). The molecule has 2 N–H and O–H groups in total. The van der Waals surface area contributed by atoms with Crippen molar-refractivity contribution in [3.63, 3.8) is 0 Å². The Morgan fingerprint density at radius 1 is 1.47 bits per heavy atom. The van der Waals surface area contributed by atoms with E-state index in [1.807, 2.05) is 0 Å². The molecule has 0 fully saturated rings. The number of pyridine rings is 1. The molecule has 0 saturated carbocycles. The quantitative estimate of drug-likeness (QED) is 0.578. The van der Waals surface area contributed by atoms with Gasteiger partial charge in [-0.3, -0.25) is 4.79 Å². The van der Waals surface area contributed by atoms with Gasteiger partial charge in [0.1, 0.15) is 12.7 Å². The van der Waals surface area contributed by atoms with Crippen LogP contribution in [0.1, 0.15) is 0 Å². The zero-order chi connectivity index (χ0) is 13.5. The van der Waals surface area contributed by atoms with Crippen LogP contribution in [0.15, 0.2) is 43.6 Å². The summed E-state index contributed by atoms with van der Waals surface area (Å²) in [7, 11) is 0. The molecular weight excluding hydrogens is 244 g/mol. The number of carbonyl (C=O) groups excluding carboxylic acids is 1. The van der Waals surface area contributed by atoms with Crippen molar-refractivity contribution in [2.45, 2.75) is 0 Å². The number of rotatable bonds is 6. The Morgan fingerprint density at radius 3 is 3.00 bits per heavy atom. The van der Waals surface area contributed by atoms with Crippen LogP contribution in [0, 0.1) is 0 Å². The summed E-state index contributed by atoms with van der Waals surface area (Å²) < 4.78 is 1.54. The summed E-state index contributed by atoms with van der Waals surface area (Å²) >= 11 is 0. The number of hydrogen-bond donors (Lipinski definition) is 2. The molecule has 0 aliphatic carbocycles. The van der Waals surface area contributed by atoms with E-state index in [2.05, 4.69) is 32.3 Å². The molecule has 0 spiro atoms. The van der Waals surface area contributed by atoms with Crippen LogP contribution < -0.4 is 10.6 Å². The van der Waals surface area contributed by atoms with Crippen LogP contribution in [-0.4, -0.2) is 38.7 Å². The second-order valence-electron chi connectivity index (χ2n) is 3.71. The second-order valence-corrected chi connectivity index (χ2v) is 3.71. The molecule has 19 heavy (non-hydrogen) atoms. The first-order valence-corrected chi connectivity index (χ1v) is 5.72. The van der Waals surface area contributed by atoms with E-state index in [0.29, 0.717) is 18.1 Å². The molecule has 0 aliphatic heterocycles. The predicted molar refractivity (Wildman–Crippen MR) is 70.9 cm³/mol. The van der Waals surface area contributed by atoms with E-state index in [0.717, 1.165) is 0 Å². The predicted octanol–water partition coefficient (Wildman–Crippen LogP) is 0.376. The standard InChI is InChI=1S/C12H14N6O/c1-2-5-13-7-12(19)17-10-3-4-11(15-6-10)18-9-14-8-16-18/h2-4,6,8-9,13H,1,5,7H2,(H,17,19). The van der Waals surface area contributed by atoms with Gasteiger partial charge in [0, 0.05) is 6.54 Å². The number of amides is 1. The molecule has 0 aromatic carbocycles. The zero-order valence-electron chi connectivity index (χ0n) is 10.3. The van der Waals surface area contributed by atoms with Crippen LogP contribution in [0.5, 0.6) is 0 Å². The van der Waals surface area contributed by atoms with Crippen LogP contribution in [-0.2, 0) is 4.79 Å². The molecule has 2 heterocycles. The van der Waals surface area contributed by atoms with Gasteiger partial charge in [0.25, 0.3) is 0 Å². The third kappa shape index (κ3) is 3.71. The van der Waals surface area contributed by atoms with Crippen molar-refractivity contribution in [1.29, 1.82) is 0 Å². The minimum Gasteiger partial charge on any atom is -0.324 e. The lowest BCUT2D eigenvalue weighted by Gasteiger charge is -2.06. The lowest BCUT2D eigenvalue weighted by Crippen LogP contribution is -2.28. The second kappa shape index (κ2) is 6.41. The molecule has 1 amide bonds. The molecule has 7 nitrogen and oxygen atoms in total. The van der Waals surface area contributed by atoms with Crippen molar-refractivity contribution in [2.75, 3.05) is 18.4 Å². The van der Waals surface area contributed by atoms with Gasteiger partial charge in [-0.1, -0.05) is 6.08 Å². The summed E-state index contributed by atoms with van der Waals surface area (Å²) in [6.45, 7) is 4.39. The number of aromatic nitrogens is 4. The highest BCUT2D eigenvalue weighted by atomic mass is 16.1.